The van der Waals surface area contributed by atoms with Gasteiger partial charge in [-0.05, 0) is 30.0 Å². The minimum Gasteiger partial charge on any atom is -0.392 e. The predicted octanol–water partition coefficient (Wildman–Crippen LogP) is 2.40. The van der Waals surface area contributed by atoms with Gasteiger partial charge in [0.25, 0.3) is 0 Å². The Hall–Kier alpha value is -2.07. The molecule has 0 aliphatic rings. The molecule has 2 aromatic heterocycles. The van der Waals surface area contributed by atoms with Crippen LogP contribution in [0.15, 0.2) is 42.9 Å². The SMILES string of the molecule is CCn1cc(Cn2ccc3ccc(CO)cc32)cn1. The number of rotatable bonds is 4. The molecule has 0 unspecified atom stereocenters. The number of hydrogen-bond acceptors (Lipinski definition) is 2. The molecule has 19 heavy (non-hydrogen) atoms. The largest absolute Gasteiger partial charge is 0.392 e. The summed E-state index contributed by atoms with van der Waals surface area (Å²) in [5.41, 5.74) is 3.28. The van der Waals surface area contributed by atoms with E-state index < -0.39 is 0 Å². The van der Waals surface area contributed by atoms with E-state index in [2.05, 4.69) is 35.0 Å². The average Bonchev–Trinajstić information content (AvgIpc) is 3.06. The van der Waals surface area contributed by atoms with Gasteiger partial charge in [-0.25, -0.2) is 0 Å². The molecule has 0 aliphatic heterocycles. The second-order valence-corrected chi connectivity index (χ2v) is 4.70. The van der Waals surface area contributed by atoms with Gasteiger partial charge in [0.1, 0.15) is 0 Å². The molecule has 0 radical (unpaired) electrons. The predicted molar refractivity (Wildman–Crippen MR) is 74.9 cm³/mol. The molecule has 4 heteroatoms. The van der Waals surface area contributed by atoms with Crippen molar-refractivity contribution >= 4 is 10.9 Å². The molecule has 98 valence electrons. The first-order chi connectivity index (χ1) is 9.30. The topological polar surface area (TPSA) is 43.0 Å². The van der Waals surface area contributed by atoms with Crippen molar-refractivity contribution in [3.8, 4) is 0 Å². The Morgan fingerprint density at radius 1 is 1.21 bits per heavy atom. The van der Waals surface area contributed by atoms with Crippen molar-refractivity contribution in [2.45, 2.75) is 26.6 Å². The van der Waals surface area contributed by atoms with Gasteiger partial charge < -0.3 is 9.67 Å². The molecule has 0 amide bonds. The number of nitrogens with zero attached hydrogens (tertiary/aromatic N) is 3. The van der Waals surface area contributed by atoms with E-state index in [1.54, 1.807) is 0 Å². The third kappa shape index (κ3) is 2.27. The quantitative estimate of drug-likeness (QED) is 0.778. The number of aliphatic hydroxyl groups is 1. The molecule has 0 saturated heterocycles. The molecular weight excluding hydrogens is 238 g/mol. The minimum atomic E-state index is 0.0783. The molecule has 0 aliphatic carbocycles. The van der Waals surface area contributed by atoms with E-state index in [1.165, 1.54) is 10.9 Å². The van der Waals surface area contributed by atoms with Crippen LogP contribution in [0.5, 0.6) is 0 Å². The summed E-state index contributed by atoms with van der Waals surface area (Å²) in [6, 6.07) is 8.15. The highest BCUT2D eigenvalue weighted by molar-refractivity contribution is 5.80. The first-order valence-corrected chi connectivity index (χ1v) is 6.50. The van der Waals surface area contributed by atoms with E-state index in [0.29, 0.717) is 0 Å². The molecule has 0 saturated carbocycles. The van der Waals surface area contributed by atoms with E-state index in [0.717, 1.165) is 24.2 Å². The fourth-order valence-electron chi connectivity index (χ4n) is 2.32. The number of benzene rings is 1. The van der Waals surface area contributed by atoms with Gasteiger partial charge >= 0.3 is 0 Å². The summed E-state index contributed by atoms with van der Waals surface area (Å²) in [5.74, 6) is 0. The Kier molecular flexibility index (Phi) is 3.09. The van der Waals surface area contributed by atoms with Crippen molar-refractivity contribution in [3.05, 3.63) is 54.0 Å². The van der Waals surface area contributed by atoms with Gasteiger partial charge in [0.2, 0.25) is 0 Å². The summed E-state index contributed by atoms with van der Waals surface area (Å²) in [6.45, 7) is 3.85. The lowest BCUT2D eigenvalue weighted by molar-refractivity contribution is 0.282. The number of fused-ring (bicyclic) bond motifs is 1. The maximum Gasteiger partial charge on any atom is 0.0682 e. The van der Waals surface area contributed by atoms with Crippen molar-refractivity contribution in [3.63, 3.8) is 0 Å². The standard InChI is InChI=1S/C15H17N3O/c1-2-18-10-13(8-16-18)9-17-6-5-14-4-3-12(11-19)7-15(14)17/h3-8,10,19H,2,9,11H2,1H3. The van der Waals surface area contributed by atoms with Gasteiger partial charge in [-0.1, -0.05) is 12.1 Å². The maximum absolute atomic E-state index is 9.23. The Morgan fingerprint density at radius 3 is 2.84 bits per heavy atom. The van der Waals surface area contributed by atoms with Crippen molar-refractivity contribution in [2.24, 2.45) is 0 Å². The van der Waals surface area contributed by atoms with Gasteiger partial charge in [-0.2, -0.15) is 5.10 Å². The Bertz CT molecular complexity index is 696. The van der Waals surface area contributed by atoms with Crippen LogP contribution in [0.4, 0.5) is 0 Å². The van der Waals surface area contributed by atoms with Crippen LogP contribution in [-0.4, -0.2) is 19.5 Å². The van der Waals surface area contributed by atoms with Gasteiger partial charge in [-0.3, -0.25) is 4.68 Å². The number of hydrogen-bond donors (Lipinski definition) is 1. The zero-order valence-corrected chi connectivity index (χ0v) is 11.0. The lowest BCUT2D eigenvalue weighted by Crippen LogP contribution is -1.97. The average molecular weight is 255 g/mol. The lowest BCUT2D eigenvalue weighted by Gasteiger charge is -2.04. The molecule has 1 aromatic carbocycles. The Labute approximate surface area is 111 Å². The summed E-state index contributed by atoms with van der Waals surface area (Å²) < 4.78 is 4.12. The zero-order chi connectivity index (χ0) is 13.2. The summed E-state index contributed by atoms with van der Waals surface area (Å²) in [4.78, 5) is 0. The lowest BCUT2D eigenvalue weighted by atomic mass is 10.2. The molecule has 3 aromatic rings. The zero-order valence-electron chi connectivity index (χ0n) is 11.0. The van der Waals surface area contributed by atoms with E-state index in [-0.39, 0.29) is 6.61 Å². The van der Waals surface area contributed by atoms with Crippen LogP contribution in [0.25, 0.3) is 10.9 Å². The van der Waals surface area contributed by atoms with Gasteiger partial charge in [0.15, 0.2) is 0 Å². The molecular formula is C15H17N3O. The highest BCUT2D eigenvalue weighted by Crippen LogP contribution is 2.19. The van der Waals surface area contributed by atoms with Crippen LogP contribution in [0, 0.1) is 0 Å². The third-order valence-corrected chi connectivity index (χ3v) is 3.38. The van der Waals surface area contributed by atoms with Crippen LogP contribution in [0.2, 0.25) is 0 Å². The number of aromatic nitrogens is 3. The highest BCUT2D eigenvalue weighted by Gasteiger charge is 2.04. The van der Waals surface area contributed by atoms with E-state index in [1.807, 2.05) is 29.1 Å². The molecule has 2 heterocycles. The molecule has 0 atom stereocenters. The van der Waals surface area contributed by atoms with Gasteiger partial charge in [-0.15, -0.1) is 0 Å². The van der Waals surface area contributed by atoms with Crippen LogP contribution < -0.4 is 0 Å². The van der Waals surface area contributed by atoms with Crippen molar-refractivity contribution < 1.29 is 5.11 Å². The van der Waals surface area contributed by atoms with Crippen molar-refractivity contribution in [2.75, 3.05) is 0 Å². The van der Waals surface area contributed by atoms with E-state index in [4.69, 9.17) is 0 Å². The van der Waals surface area contributed by atoms with Crippen LogP contribution in [0.1, 0.15) is 18.1 Å². The van der Waals surface area contributed by atoms with Crippen molar-refractivity contribution in [1.82, 2.24) is 14.3 Å². The van der Waals surface area contributed by atoms with Crippen LogP contribution in [-0.2, 0) is 19.7 Å². The fourth-order valence-corrected chi connectivity index (χ4v) is 2.32. The molecule has 0 bridgehead atoms. The van der Waals surface area contributed by atoms with Crippen molar-refractivity contribution in [1.29, 1.82) is 0 Å². The number of aryl methyl sites for hydroxylation is 1. The summed E-state index contributed by atoms with van der Waals surface area (Å²) >= 11 is 0. The normalized spacial score (nSPS) is 11.3. The first-order valence-electron chi connectivity index (χ1n) is 6.50. The van der Waals surface area contributed by atoms with Gasteiger partial charge in [0.05, 0.1) is 19.3 Å². The van der Waals surface area contributed by atoms with Crippen LogP contribution >= 0.6 is 0 Å². The monoisotopic (exact) mass is 255 g/mol. The molecule has 3 rings (SSSR count). The highest BCUT2D eigenvalue weighted by atomic mass is 16.3. The van der Waals surface area contributed by atoms with Crippen LogP contribution in [0.3, 0.4) is 0 Å². The smallest absolute Gasteiger partial charge is 0.0682 e. The molecule has 4 nitrogen and oxygen atoms in total. The van der Waals surface area contributed by atoms with E-state index in [9.17, 15) is 5.11 Å². The maximum atomic E-state index is 9.23. The molecule has 0 fully saturated rings. The number of aliphatic hydroxyl groups excluding tert-OH is 1. The Balaban J connectivity index is 1.95. The summed E-state index contributed by atoms with van der Waals surface area (Å²) in [7, 11) is 0. The second-order valence-electron chi connectivity index (χ2n) is 4.70. The summed E-state index contributed by atoms with van der Waals surface area (Å²) in [5, 5.41) is 14.7. The molecule has 1 N–H and O–H groups in total. The van der Waals surface area contributed by atoms with Gasteiger partial charge in [0, 0.05) is 30.0 Å². The van der Waals surface area contributed by atoms with E-state index >= 15 is 0 Å². The fraction of sp³-hybridized carbons (Fsp3) is 0.267. The second kappa shape index (κ2) is 4.90. The first kappa shape index (κ1) is 12.0. The summed E-state index contributed by atoms with van der Waals surface area (Å²) in [6.07, 6.45) is 6.06. The molecule has 0 spiro atoms. The Morgan fingerprint density at radius 2 is 2.11 bits per heavy atom. The minimum absolute atomic E-state index is 0.0783. The third-order valence-electron chi connectivity index (χ3n) is 3.38.